The van der Waals surface area contributed by atoms with Crippen molar-refractivity contribution >= 4 is 5.82 Å². The third kappa shape index (κ3) is 3.88. The van der Waals surface area contributed by atoms with Gasteiger partial charge in [0.25, 0.3) is 0 Å². The predicted molar refractivity (Wildman–Crippen MR) is 78.3 cm³/mol. The molecule has 1 aliphatic rings. The number of anilines is 1. The highest BCUT2D eigenvalue weighted by Gasteiger charge is 2.22. The van der Waals surface area contributed by atoms with Crippen LogP contribution in [-0.2, 0) is 6.54 Å². The number of piperazine rings is 1. The van der Waals surface area contributed by atoms with E-state index in [0.717, 1.165) is 37.7 Å². The molecule has 0 aliphatic carbocycles. The van der Waals surface area contributed by atoms with Crippen molar-refractivity contribution in [3.05, 3.63) is 18.1 Å². The first-order valence-corrected chi connectivity index (χ1v) is 7.05. The van der Waals surface area contributed by atoms with Crippen LogP contribution in [0.1, 0.15) is 26.5 Å². The van der Waals surface area contributed by atoms with Crippen molar-refractivity contribution in [3.8, 4) is 0 Å². The quantitative estimate of drug-likeness (QED) is 0.882. The summed E-state index contributed by atoms with van der Waals surface area (Å²) in [7, 11) is 2.17. The standard InChI is InChI=1S/C14H25N5/c1-11(2)15-7-13-8-17-14(9-16-13)19-6-5-18(4)10-12(19)3/h8-9,11-12,15H,5-7,10H2,1-4H3. The van der Waals surface area contributed by atoms with E-state index >= 15 is 0 Å². The summed E-state index contributed by atoms with van der Waals surface area (Å²) in [6.07, 6.45) is 3.79. The third-order valence-electron chi connectivity index (χ3n) is 3.51. The van der Waals surface area contributed by atoms with Crippen molar-refractivity contribution in [2.75, 3.05) is 31.6 Å². The lowest BCUT2D eigenvalue weighted by Crippen LogP contribution is -2.50. The number of hydrogen-bond acceptors (Lipinski definition) is 5. The summed E-state index contributed by atoms with van der Waals surface area (Å²) in [5.41, 5.74) is 0.999. The lowest BCUT2D eigenvalue weighted by atomic mass is 10.2. The van der Waals surface area contributed by atoms with E-state index in [1.165, 1.54) is 0 Å². The van der Waals surface area contributed by atoms with Crippen molar-refractivity contribution in [3.63, 3.8) is 0 Å². The largest absolute Gasteiger partial charge is 0.350 e. The number of likely N-dealkylation sites (N-methyl/N-ethyl adjacent to an activating group) is 1. The van der Waals surface area contributed by atoms with E-state index in [9.17, 15) is 0 Å². The molecule has 0 spiro atoms. The van der Waals surface area contributed by atoms with Gasteiger partial charge in [0.15, 0.2) is 0 Å². The molecule has 1 saturated heterocycles. The Morgan fingerprint density at radius 2 is 2.11 bits per heavy atom. The summed E-state index contributed by atoms with van der Waals surface area (Å²) >= 11 is 0. The second-order valence-corrected chi connectivity index (χ2v) is 5.71. The van der Waals surface area contributed by atoms with Crippen LogP contribution >= 0.6 is 0 Å². The van der Waals surface area contributed by atoms with E-state index in [0.29, 0.717) is 12.1 Å². The molecule has 0 aromatic carbocycles. The van der Waals surface area contributed by atoms with Gasteiger partial charge in [0.1, 0.15) is 5.82 Å². The second kappa shape index (κ2) is 6.30. The number of nitrogens with one attached hydrogen (secondary N) is 1. The van der Waals surface area contributed by atoms with Gasteiger partial charge < -0.3 is 15.1 Å². The maximum absolute atomic E-state index is 4.56. The number of aromatic nitrogens is 2. The molecule has 106 valence electrons. The van der Waals surface area contributed by atoms with Crippen molar-refractivity contribution in [2.45, 2.75) is 39.4 Å². The minimum absolute atomic E-state index is 0.471. The van der Waals surface area contributed by atoms with Gasteiger partial charge in [0, 0.05) is 38.3 Å². The molecule has 1 atom stereocenters. The Bertz CT molecular complexity index is 389. The molecule has 1 unspecified atom stereocenters. The van der Waals surface area contributed by atoms with Crippen LogP contribution in [0.2, 0.25) is 0 Å². The predicted octanol–water partition coefficient (Wildman–Crippen LogP) is 1.11. The second-order valence-electron chi connectivity index (χ2n) is 5.71. The Morgan fingerprint density at radius 1 is 1.32 bits per heavy atom. The van der Waals surface area contributed by atoms with Crippen LogP contribution < -0.4 is 10.2 Å². The minimum atomic E-state index is 0.471. The molecule has 1 N–H and O–H groups in total. The van der Waals surface area contributed by atoms with Crippen LogP contribution in [0.3, 0.4) is 0 Å². The van der Waals surface area contributed by atoms with Gasteiger partial charge in [-0.1, -0.05) is 13.8 Å². The monoisotopic (exact) mass is 263 g/mol. The molecule has 19 heavy (non-hydrogen) atoms. The highest BCUT2D eigenvalue weighted by atomic mass is 15.3. The van der Waals surface area contributed by atoms with Crippen LogP contribution in [0.25, 0.3) is 0 Å². The summed E-state index contributed by atoms with van der Waals surface area (Å²) < 4.78 is 0. The Kier molecular flexibility index (Phi) is 4.71. The van der Waals surface area contributed by atoms with Crippen LogP contribution in [0.15, 0.2) is 12.4 Å². The molecule has 2 rings (SSSR count). The average molecular weight is 263 g/mol. The van der Waals surface area contributed by atoms with Gasteiger partial charge in [-0.25, -0.2) is 4.98 Å². The zero-order chi connectivity index (χ0) is 13.8. The van der Waals surface area contributed by atoms with Crippen LogP contribution in [-0.4, -0.2) is 53.6 Å². The van der Waals surface area contributed by atoms with E-state index in [2.05, 4.69) is 52.9 Å². The van der Waals surface area contributed by atoms with Crippen molar-refractivity contribution in [2.24, 2.45) is 0 Å². The topological polar surface area (TPSA) is 44.3 Å². The smallest absolute Gasteiger partial charge is 0.147 e. The lowest BCUT2D eigenvalue weighted by Gasteiger charge is -2.38. The fourth-order valence-electron chi connectivity index (χ4n) is 2.38. The first-order valence-electron chi connectivity index (χ1n) is 7.05. The van der Waals surface area contributed by atoms with Crippen molar-refractivity contribution < 1.29 is 0 Å². The molecule has 0 radical (unpaired) electrons. The normalized spacial score (nSPS) is 21.1. The first kappa shape index (κ1) is 14.2. The molecular weight excluding hydrogens is 238 g/mol. The summed E-state index contributed by atoms with van der Waals surface area (Å²) in [6.45, 7) is 10.5. The maximum atomic E-state index is 4.56. The molecule has 0 saturated carbocycles. The Hall–Kier alpha value is -1.20. The minimum Gasteiger partial charge on any atom is -0.350 e. The highest BCUT2D eigenvalue weighted by Crippen LogP contribution is 2.16. The molecule has 5 nitrogen and oxygen atoms in total. The van der Waals surface area contributed by atoms with Gasteiger partial charge in [-0.3, -0.25) is 4.98 Å². The van der Waals surface area contributed by atoms with Gasteiger partial charge in [-0.15, -0.1) is 0 Å². The molecule has 5 heteroatoms. The zero-order valence-corrected chi connectivity index (χ0v) is 12.4. The van der Waals surface area contributed by atoms with Crippen molar-refractivity contribution in [1.29, 1.82) is 0 Å². The van der Waals surface area contributed by atoms with Crippen LogP contribution in [0.4, 0.5) is 5.82 Å². The van der Waals surface area contributed by atoms with Gasteiger partial charge in [0.05, 0.1) is 18.1 Å². The summed E-state index contributed by atoms with van der Waals surface area (Å²) in [5.74, 6) is 0.994. The molecule has 1 aromatic heterocycles. The highest BCUT2D eigenvalue weighted by molar-refractivity contribution is 5.38. The molecular formula is C14H25N5. The summed E-state index contributed by atoms with van der Waals surface area (Å²) in [6, 6.07) is 0.965. The van der Waals surface area contributed by atoms with Gasteiger partial charge in [-0.05, 0) is 14.0 Å². The Morgan fingerprint density at radius 3 is 2.68 bits per heavy atom. The molecule has 0 amide bonds. The Labute approximate surface area is 116 Å². The van der Waals surface area contributed by atoms with Gasteiger partial charge >= 0.3 is 0 Å². The van der Waals surface area contributed by atoms with E-state index in [4.69, 9.17) is 0 Å². The number of hydrogen-bond donors (Lipinski definition) is 1. The van der Waals surface area contributed by atoms with E-state index in [-0.39, 0.29) is 0 Å². The molecule has 1 aliphatic heterocycles. The van der Waals surface area contributed by atoms with E-state index in [1.54, 1.807) is 0 Å². The molecule has 0 bridgehead atoms. The van der Waals surface area contributed by atoms with E-state index < -0.39 is 0 Å². The van der Waals surface area contributed by atoms with E-state index in [1.807, 2.05) is 12.4 Å². The molecule has 2 heterocycles. The first-order chi connectivity index (χ1) is 9.06. The SMILES string of the molecule is CC(C)NCc1cnc(N2CCN(C)CC2C)cn1. The van der Waals surface area contributed by atoms with Gasteiger partial charge in [0.2, 0.25) is 0 Å². The Balaban J connectivity index is 1.98. The lowest BCUT2D eigenvalue weighted by molar-refractivity contribution is 0.274. The number of rotatable bonds is 4. The fourth-order valence-corrected chi connectivity index (χ4v) is 2.38. The summed E-state index contributed by atoms with van der Waals surface area (Å²) in [5, 5.41) is 3.35. The van der Waals surface area contributed by atoms with Gasteiger partial charge in [-0.2, -0.15) is 0 Å². The fraction of sp³-hybridized carbons (Fsp3) is 0.714. The molecule has 1 fully saturated rings. The summed E-state index contributed by atoms with van der Waals surface area (Å²) in [4.78, 5) is 13.8. The van der Waals surface area contributed by atoms with Crippen LogP contribution in [0.5, 0.6) is 0 Å². The average Bonchev–Trinajstić information content (AvgIpc) is 2.37. The maximum Gasteiger partial charge on any atom is 0.147 e. The molecule has 1 aromatic rings. The van der Waals surface area contributed by atoms with Crippen LogP contribution in [0, 0.1) is 0 Å². The number of nitrogens with zero attached hydrogens (tertiary/aromatic N) is 4. The van der Waals surface area contributed by atoms with Crippen molar-refractivity contribution in [1.82, 2.24) is 20.2 Å². The zero-order valence-electron chi connectivity index (χ0n) is 12.4. The third-order valence-corrected chi connectivity index (χ3v) is 3.51.